The van der Waals surface area contributed by atoms with Crippen molar-refractivity contribution in [3.63, 3.8) is 0 Å². The van der Waals surface area contributed by atoms with E-state index in [1.807, 2.05) is 0 Å². The van der Waals surface area contributed by atoms with Crippen LogP contribution in [0.4, 0.5) is 9.80 Å². The first-order chi connectivity index (χ1) is 9.54. The van der Waals surface area contributed by atoms with Crippen LogP contribution < -0.4 is 10.4 Å². The Balaban J connectivity index is 2.25. The average Bonchev–Trinajstić information content (AvgIpc) is 2.76. The van der Waals surface area contributed by atoms with E-state index in [0.717, 1.165) is 36.1 Å². The highest BCUT2D eigenvalue weighted by Crippen LogP contribution is 2.37. The fraction of sp³-hybridized carbons (Fsp3) is 0.538. The average molecular weight is 297 g/mol. The van der Waals surface area contributed by atoms with Crippen molar-refractivity contribution in [3.8, 4) is 0 Å². The molecule has 1 aliphatic carbocycles. The topological polar surface area (TPSA) is 92.7 Å². The summed E-state index contributed by atoms with van der Waals surface area (Å²) in [4.78, 5) is 25.5. The summed E-state index contributed by atoms with van der Waals surface area (Å²) >= 11 is 1.31. The van der Waals surface area contributed by atoms with Gasteiger partial charge in [-0.05, 0) is 31.2 Å². The zero-order chi connectivity index (χ0) is 14.7. The number of hydrogen-bond donors (Lipinski definition) is 2. The van der Waals surface area contributed by atoms with Crippen molar-refractivity contribution in [1.82, 2.24) is 4.90 Å². The molecule has 0 radical (unpaired) electrons. The van der Waals surface area contributed by atoms with Gasteiger partial charge in [0.1, 0.15) is 5.00 Å². The maximum atomic E-state index is 11.9. The number of aliphatic hydroxyl groups is 1. The number of rotatable bonds is 4. The molecule has 0 aromatic carbocycles. The van der Waals surface area contributed by atoms with Gasteiger partial charge in [-0.2, -0.15) is 0 Å². The summed E-state index contributed by atoms with van der Waals surface area (Å²) in [6.07, 6.45) is 3.57. The summed E-state index contributed by atoms with van der Waals surface area (Å²) in [5, 5.41) is 23.1. The Morgan fingerprint density at radius 2 is 2.10 bits per heavy atom. The third-order valence-electron chi connectivity index (χ3n) is 3.38. The number of nitrogens with zero attached hydrogens (tertiary/aromatic N) is 1. The highest BCUT2D eigenvalue weighted by Gasteiger charge is 2.23. The molecule has 0 saturated heterocycles. The van der Waals surface area contributed by atoms with Crippen molar-refractivity contribution >= 4 is 28.3 Å². The first-order valence-electron chi connectivity index (χ1n) is 6.53. The molecule has 7 heteroatoms. The Labute approximate surface area is 121 Å². The smallest absolute Gasteiger partial charge is 0.322 e. The second kappa shape index (κ2) is 6.23. The van der Waals surface area contributed by atoms with Gasteiger partial charge in [-0.15, -0.1) is 11.3 Å². The summed E-state index contributed by atoms with van der Waals surface area (Å²) in [5.41, 5.74) is 0.928. The Hall–Kier alpha value is -1.60. The quantitative estimate of drug-likeness (QED) is 0.843. The first-order valence-corrected chi connectivity index (χ1v) is 7.35. The van der Waals surface area contributed by atoms with Gasteiger partial charge in [-0.1, -0.05) is 0 Å². The predicted octanol–water partition coefficient (Wildman–Crippen LogP) is 0.446. The molecule has 0 aliphatic heterocycles. The monoisotopic (exact) mass is 297 g/mol. The molecule has 2 amide bonds. The molecule has 1 aromatic heterocycles. The molecule has 0 unspecified atom stereocenters. The number of hydrogen-bond acceptors (Lipinski definition) is 5. The third kappa shape index (κ3) is 2.94. The van der Waals surface area contributed by atoms with E-state index in [9.17, 15) is 14.7 Å². The molecule has 0 spiro atoms. The van der Waals surface area contributed by atoms with Gasteiger partial charge in [0, 0.05) is 24.0 Å². The number of nitrogens with one attached hydrogen (secondary N) is 1. The van der Waals surface area contributed by atoms with Crippen molar-refractivity contribution in [1.29, 1.82) is 0 Å². The van der Waals surface area contributed by atoms with E-state index in [-0.39, 0.29) is 18.7 Å². The Kier molecular flexibility index (Phi) is 4.61. The number of amides is 2. The standard InChI is InChI=1S/C13H18N2O4S/c1-15(6-7-16)13(19)14-11-10(12(17)18)8-4-2-3-5-9(8)20-11/h16H,2-7H2,1H3,(H,14,19)(H,17,18)/p-1. The molecular formula is C13H17N2O4S-. The lowest BCUT2D eigenvalue weighted by molar-refractivity contribution is -0.254. The second-order valence-electron chi connectivity index (χ2n) is 4.78. The van der Waals surface area contributed by atoms with Crippen molar-refractivity contribution in [2.45, 2.75) is 25.7 Å². The summed E-state index contributed by atoms with van der Waals surface area (Å²) in [6.45, 7) is 0.0514. The van der Waals surface area contributed by atoms with Crippen molar-refractivity contribution < 1.29 is 19.8 Å². The van der Waals surface area contributed by atoms with Gasteiger partial charge in [0.2, 0.25) is 0 Å². The molecule has 2 N–H and O–H groups in total. The highest BCUT2D eigenvalue weighted by atomic mass is 32.1. The second-order valence-corrected chi connectivity index (χ2v) is 5.88. The van der Waals surface area contributed by atoms with Gasteiger partial charge in [0.05, 0.1) is 12.6 Å². The van der Waals surface area contributed by atoms with E-state index in [0.29, 0.717) is 5.00 Å². The molecule has 6 nitrogen and oxygen atoms in total. The van der Waals surface area contributed by atoms with Gasteiger partial charge in [0.15, 0.2) is 0 Å². The molecule has 1 aromatic rings. The number of anilines is 1. The van der Waals surface area contributed by atoms with E-state index in [1.54, 1.807) is 0 Å². The predicted molar refractivity (Wildman–Crippen MR) is 74.0 cm³/mol. The van der Waals surface area contributed by atoms with E-state index >= 15 is 0 Å². The Bertz CT molecular complexity index is 527. The van der Waals surface area contributed by atoms with Crippen molar-refractivity contribution in [2.75, 3.05) is 25.5 Å². The number of aryl methyl sites for hydroxylation is 1. The number of urea groups is 1. The molecule has 110 valence electrons. The van der Waals surface area contributed by atoms with Gasteiger partial charge in [-0.3, -0.25) is 5.32 Å². The van der Waals surface area contributed by atoms with E-state index in [2.05, 4.69) is 5.32 Å². The Morgan fingerprint density at radius 3 is 2.75 bits per heavy atom. The lowest BCUT2D eigenvalue weighted by Gasteiger charge is -2.17. The van der Waals surface area contributed by atoms with Crippen LogP contribution in [0.5, 0.6) is 0 Å². The fourth-order valence-corrected chi connectivity index (χ4v) is 3.58. The molecule has 0 fully saturated rings. The zero-order valence-corrected chi connectivity index (χ0v) is 12.1. The van der Waals surface area contributed by atoms with Gasteiger partial charge in [-0.25, -0.2) is 4.79 Å². The summed E-state index contributed by atoms with van der Waals surface area (Å²) in [6, 6.07) is -0.430. The summed E-state index contributed by atoms with van der Waals surface area (Å²) in [7, 11) is 1.54. The van der Waals surface area contributed by atoms with Crippen LogP contribution in [0, 0.1) is 0 Å². The van der Waals surface area contributed by atoms with Crippen LogP contribution in [0.2, 0.25) is 0 Å². The van der Waals surface area contributed by atoms with Gasteiger partial charge in [0.25, 0.3) is 0 Å². The minimum Gasteiger partial charge on any atom is -0.545 e. The number of fused-ring (bicyclic) bond motifs is 1. The van der Waals surface area contributed by atoms with E-state index < -0.39 is 12.0 Å². The number of carbonyl (C=O) groups excluding carboxylic acids is 2. The number of carbonyl (C=O) groups is 2. The van der Waals surface area contributed by atoms with Crippen LogP contribution in [0.1, 0.15) is 33.6 Å². The summed E-state index contributed by atoms with van der Waals surface area (Å²) in [5.74, 6) is -1.25. The maximum absolute atomic E-state index is 11.9. The van der Waals surface area contributed by atoms with Crippen LogP contribution >= 0.6 is 11.3 Å². The molecule has 1 aliphatic rings. The molecule has 0 bridgehead atoms. The van der Waals surface area contributed by atoms with Crippen molar-refractivity contribution in [2.24, 2.45) is 0 Å². The number of likely N-dealkylation sites (N-methyl/N-ethyl adjacent to an activating group) is 1. The normalized spacial score (nSPS) is 13.7. The number of carboxylic acids is 1. The largest absolute Gasteiger partial charge is 0.545 e. The van der Waals surface area contributed by atoms with Crippen LogP contribution in [0.25, 0.3) is 0 Å². The maximum Gasteiger partial charge on any atom is 0.322 e. The molecule has 0 atom stereocenters. The molecule has 20 heavy (non-hydrogen) atoms. The molecule has 2 rings (SSSR count). The molecular weight excluding hydrogens is 280 g/mol. The minimum absolute atomic E-state index is 0.121. The zero-order valence-electron chi connectivity index (χ0n) is 11.3. The summed E-state index contributed by atoms with van der Waals surface area (Å²) < 4.78 is 0. The molecule has 0 saturated carbocycles. The number of carboxylic acid groups (broad SMARTS) is 1. The van der Waals surface area contributed by atoms with E-state index in [1.165, 1.54) is 23.3 Å². The number of aliphatic hydroxyl groups excluding tert-OH is 1. The highest BCUT2D eigenvalue weighted by molar-refractivity contribution is 7.17. The van der Waals surface area contributed by atoms with Crippen molar-refractivity contribution in [3.05, 3.63) is 16.0 Å². The van der Waals surface area contributed by atoms with E-state index in [4.69, 9.17) is 5.11 Å². The van der Waals surface area contributed by atoms with Crippen LogP contribution in [0.3, 0.4) is 0 Å². The van der Waals surface area contributed by atoms with Crippen LogP contribution in [-0.2, 0) is 12.8 Å². The van der Waals surface area contributed by atoms with Gasteiger partial charge < -0.3 is 19.9 Å². The first kappa shape index (κ1) is 14.8. The number of aromatic carboxylic acids is 1. The lowest BCUT2D eigenvalue weighted by Crippen LogP contribution is -2.34. The van der Waals surface area contributed by atoms with Crippen LogP contribution in [-0.4, -0.2) is 42.2 Å². The Morgan fingerprint density at radius 1 is 1.40 bits per heavy atom. The third-order valence-corrected chi connectivity index (χ3v) is 4.59. The minimum atomic E-state index is -1.25. The van der Waals surface area contributed by atoms with Crippen LogP contribution in [0.15, 0.2) is 0 Å². The number of thiophene rings is 1. The SMILES string of the molecule is CN(CCO)C(=O)Nc1sc2c(c1C(=O)[O-])CCCC2. The van der Waals surface area contributed by atoms with Gasteiger partial charge >= 0.3 is 6.03 Å². The fourth-order valence-electron chi connectivity index (χ4n) is 2.31. The molecule has 1 heterocycles. The lowest BCUT2D eigenvalue weighted by atomic mass is 9.95.